The van der Waals surface area contributed by atoms with Gasteiger partial charge in [-0.25, -0.2) is 0 Å². The molecule has 1 atom stereocenters. The van der Waals surface area contributed by atoms with E-state index >= 15 is 0 Å². The molecule has 0 saturated carbocycles. The number of esters is 1. The van der Waals surface area contributed by atoms with Crippen molar-refractivity contribution in [3.05, 3.63) is 33.3 Å². The molecule has 0 spiro atoms. The van der Waals surface area contributed by atoms with Crippen molar-refractivity contribution in [2.75, 3.05) is 7.11 Å². The standard InChI is InChI=1S/C11H13BrClNO2/c1-7(11(15)16-2)14-6-8-5-9(12)3-4-10(8)13/h3-5,7,14H,6H2,1-2H3. The van der Waals surface area contributed by atoms with E-state index in [9.17, 15) is 4.79 Å². The Morgan fingerprint density at radius 3 is 2.94 bits per heavy atom. The fourth-order valence-electron chi connectivity index (χ4n) is 1.20. The van der Waals surface area contributed by atoms with Gasteiger partial charge in [-0.05, 0) is 30.7 Å². The van der Waals surface area contributed by atoms with Crippen LogP contribution in [0.2, 0.25) is 5.02 Å². The first-order valence-electron chi connectivity index (χ1n) is 4.79. The van der Waals surface area contributed by atoms with E-state index in [1.165, 1.54) is 7.11 Å². The summed E-state index contributed by atoms with van der Waals surface area (Å²) in [6, 6.07) is 5.25. The largest absolute Gasteiger partial charge is 0.468 e. The van der Waals surface area contributed by atoms with E-state index in [0.717, 1.165) is 10.0 Å². The number of carbonyl (C=O) groups excluding carboxylic acids is 1. The van der Waals surface area contributed by atoms with Crippen LogP contribution in [-0.2, 0) is 16.1 Å². The van der Waals surface area contributed by atoms with Crippen LogP contribution in [0.4, 0.5) is 0 Å². The lowest BCUT2D eigenvalue weighted by Crippen LogP contribution is -2.34. The Bertz CT molecular complexity index is 384. The summed E-state index contributed by atoms with van der Waals surface area (Å²) in [7, 11) is 1.37. The van der Waals surface area contributed by atoms with Crippen LogP contribution in [0.15, 0.2) is 22.7 Å². The van der Waals surface area contributed by atoms with Gasteiger partial charge in [0.25, 0.3) is 0 Å². The number of hydrogen-bond acceptors (Lipinski definition) is 3. The van der Waals surface area contributed by atoms with E-state index in [2.05, 4.69) is 26.0 Å². The van der Waals surface area contributed by atoms with Gasteiger partial charge in [-0.15, -0.1) is 0 Å². The summed E-state index contributed by atoms with van der Waals surface area (Å²) in [4.78, 5) is 11.2. The Morgan fingerprint density at radius 1 is 1.62 bits per heavy atom. The molecule has 0 heterocycles. The fraction of sp³-hybridized carbons (Fsp3) is 0.364. The van der Waals surface area contributed by atoms with Crippen LogP contribution in [0, 0.1) is 0 Å². The summed E-state index contributed by atoms with van der Waals surface area (Å²) in [6.07, 6.45) is 0. The molecule has 0 bridgehead atoms. The Labute approximate surface area is 108 Å². The molecule has 0 radical (unpaired) electrons. The minimum Gasteiger partial charge on any atom is -0.468 e. The summed E-state index contributed by atoms with van der Waals surface area (Å²) in [5, 5.41) is 3.71. The minimum atomic E-state index is -0.347. The smallest absolute Gasteiger partial charge is 0.322 e. The van der Waals surface area contributed by atoms with Gasteiger partial charge in [0.15, 0.2) is 0 Å². The first kappa shape index (κ1) is 13.5. The molecule has 1 N–H and O–H groups in total. The number of carbonyl (C=O) groups is 1. The first-order chi connectivity index (χ1) is 7.54. The summed E-state index contributed by atoms with van der Waals surface area (Å²) in [5.41, 5.74) is 0.937. The molecule has 3 nitrogen and oxygen atoms in total. The van der Waals surface area contributed by atoms with E-state index in [4.69, 9.17) is 11.6 Å². The quantitative estimate of drug-likeness (QED) is 0.869. The molecule has 0 aliphatic carbocycles. The molecule has 1 rings (SSSR count). The molecule has 16 heavy (non-hydrogen) atoms. The Balaban J connectivity index is 2.60. The van der Waals surface area contributed by atoms with Crippen molar-refractivity contribution in [3.63, 3.8) is 0 Å². The number of rotatable bonds is 4. The fourth-order valence-corrected chi connectivity index (χ4v) is 1.79. The molecule has 88 valence electrons. The summed E-state index contributed by atoms with van der Waals surface area (Å²) >= 11 is 9.38. The van der Waals surface area contributed by atoms with Gasteiger partial charge in [-0.3, -0.25) is 4.79 Å². The molecule has 0 saturated heterocycles. The SMILES string of the molecule is COC(=O)C(C)NCc1cc(Br)ccc1Cl. The van der Waals surface area contributed by atoms with Gasteiger partial charge in [-0.2, -0.15) is 0 Å². The number of ether oxygens (including phenoxy) is 1. The van der Waals surface area contributed by atoms with Gasteiger partial charge >= 0.3 is 5.97 Å². The van der Waals surface area contributed by atoms with Gasteiger partial charge in [-0.1, -0.05) is 27.5 Å². The monoisotopic (exact) mass is 305 g/mol. The van der Waals surface area contributed by atoms with Crippen LogP contribution in [0.3, 0.4) is 0 Å². The summed E-state index contributed by atoms with van der Waals surface area (Å²) < 4.78 is 5.57. The highest BCUT2D eigenvalue weighted by atomic mass is 79.9. The van der Waals surface area contributed by atoms with Crippen LogP contribution < -0.4 is 5.32 Å². The van der Waals surface area contributed by atoms with Gasteiger partial charge in [0.1, 0.15) is 6.04 Å². The zero-order valence-electron chi connectivity index (χ0n) is 9.09. The van der Waals surface area contributed by atoms with Crippen LogP contribution in [0.1, 0.15) is 12.5 Å². The van der Waals surface area contributed by atoms with Crippen molar-refractivity contribution in [3.8, 4) is 0 Å². The molecule has 5 heteroatoms. The molecule has 0 fully saturated rings. The number of nitrogens with one attached hydrogen (secondary N) is 1. The topological polar surface area (TPSA) is 38.3 Å². The van der Waals surface area contributed by atoms with Crippen molar-refractivity contribution in [1.82, 2.24) is 5.32 Å². The predicted octanol–water partition coefficient (Wildman–Crippen LogP) is 2.75. The van der Waals surface area contributed by atoms with Gasteiger partial charge in [0, 0.05) is 16.0 Å². The normalized spacial score (nSPS) is 12.2. The highest BCUT2D eigenvalue weighted by Crippen LogP contribution is 2.20. The van der Waals surface area contributed by atoms with Crippen LogP contribution >= 0.6 is 27.5 Å². The molecule has 1 unspecified atom stereocenters. The lowest BCUT2D eigenvalue weighted by molar-refractivity contribution is -0.142. The first-order valence-corrected chi connectivity index (χ1v) is 5.97. The van der Waals surface area contributed by atoms with Crippen molar-refractivity contribution < 1.29 is 9.53 Å². The molecular weight excluding hydrogens is 293 g/mol. The number of halogens is 2. The Kier molecular flexibility index (Phi) is 5.25. The lowest BCUT2D eigenvalue weighted by Gasteiger charge is -2.12. The van der Waals surface area contributed by atoms with Crippen molar-refractivity contribution in [2.24, 2.45) is 0 Å². The number of methoxy groups -OCH3 is 1. The van der Waals surface area contributed by atoms with Gasteiger partial charge < -0.3 is 10.1 Å². The minimum absolute atomic E-state index is 0.286. The summed E-state index contributed by atoms with van der Waals surface area (Å²) in [5.74, 6) is -0.286. The maximum absolute atomic E-state index is 11.2. The predicted molar refractivity (Wildman–Crippen MR) is 67.5 cm³/mol. The maximum Gasteiger partial charge on any atom is 0.322 e. The van der Waals surface area contributed by atoms with Gasteiger partial charge in [0.05, 0.1) is 7.11 Å². The molecule has 0 aliphatic heterocycles. The molecule has 0 aliphatic rings. The lowest BCUT2D eigenvalue weighted by atomic mass is 10.2. The molecule has 0 amide bonds. The van der Waals surface area contributed by atoms with Gasteiger partial charge in [0.2, 0.25) is 0 Å². The summed E-state index contributed by atoms with van der Waals surface area (Å²) in [6.45, 7) is 2.27. The molecular formula is C11H13BrClNO2. The number of hydrogen-bond donors (Lipinski definition) is 1. The second-order valence-electron chi connectivity index (χ2n) is 3.36. The van der Waals surface area contributed by atoms with E-state index in [1.54, 1.807) is 6.92 Å². The average molecular weight is 307 g/mol. The molecule has 1 aromatic rings. The second kappa shape index (κ2) is 6.23. The third-order valence-electron chi connectivity index (χ3n) is 2.16. The van der Waals surface area contributed by atoms with E-state index in [0.29, 0.717) is 11.6 Å². The average Bonchev–Trinajstić information content (AvgIpc) is 2.28. The van der Waals surface area contributed by atoms with Crippen molar-refractivity contribution in [2.45, 2.75) is 19.5 Å². The second-order valence-corrected chi connectivity index (χ2v) is 4.68. The number of benzene rings is 1. The van der Waals surface area contributed by atoms with E-state index in [1.807, 2.05) is 18.2 Å². The highest BCUT2D eigenvalue weighted by Gasteiger charge is 2.12. The zero-order chi connectivity index (χ0) is 12.1. The van der Waals surface area contributed by atoms with Crippen LogP contribution in [0.5, 0.6) is 0 Å². The zero-order valence-corrected chi connectivity index (χ0v) is 11.4. The van der Waals surface area contributed by atoms with Crippen molar-refractivity contribution >= 4 is 33.5 Å². The van der Waals surface area contributed by atoms with E-state index < -0.39 is 0 Å². The Morgan fingerprint density at radius 2 is 2.31 bits per heavy atom. The third kappa shape index (κ3) is 3.77. The molecule has 0 aromatic heterocycles. The Hall–Kier alpha value is -0.580. The highest BCUT2D eigenvalue weighted by molar-refractivity contribution is 9.10. The van der Waals surface area contributed by atoms with Crippen LogP contribution in [0.25, 0.3) is 0 Å². The van der Waals surface area contributed by atoms with Crippen molar-refractivity contribution in [1.29, 1.82) is 0 Å². The van der Waals surface area contributed by atoms with Crippen LogP contribution in [-0.4, -0.2) is 19.1 Å². The van der Waals surface area contributed by atoms with E-state index in [-0.39, 0.29) is 12.0 Å². The third-order valence-corrected chi connectivity index (χ3v) is 3.02. The molecule has 1 aromatic carbocycles. The maximum atomic E-state index is 11.2.